The summed E-state index contributed by atoms with van der Waals surface area (Å²) in [5, 5.41) is -0.0837. The van der Waals surface area contributed by atoms with Crippen LogP contribution in [0.1, 0.15) is 59.8 Å². The molecule has 0 aliphatic carbocycles. The molecule has 0 N–H and O–H groups in total. The zero-order chi connectivity index (χ0) is 14.7. The molecule has 0 radical (unpaired) electrons. The highest BCUT2D eigenvalue weighted by Crippen LogP contribution is 2.23. The summed E-state index contributed by atoms with van der Waals surface area (Å²) in [6.07, 6.45) is 3.72. The topological polar surface area (TPSA) is 26.3 Å². The molecule has 0 saturated carbocycles. The van der Waals surface area contributed by atoms with Gasteiger partial charge >= 0.3 is 5.97 Å². The van der Waals surface area contributed by atoms with Gasteiger partial charge in [0.05, 0.1) is 12.8 Å². The first-order chi connectivity index (χ1) is 8.99. The molecule has 19 heavy (non-hydrogen) atoms. The SMILES string of the molecule is CCCCOC(=O)C(SCCCCC(C)F)C(C)C. The molecule has 0 heterocycles. The van der Waals surface area contributed by atoms with Crippen LogP contribution in [0.5, 0.6) is 0 Å². The van der Waals surface area contributed by atoms with E-state index in [-0.39, 0.29) is 17.1 Å². The fourth-order valence-electron chi connectivity index (χ4n) is 1.67. The molecule has 0 spiro atoms. The van der Waals surface area contributed by atoms with E-state index < -0.39 is 6.17 Å². The Kier molecular flexibility index (Phi) is 11.4. The van der Waals surface area contributed by atoms with Gasteiger partial charge in [0.1, 0.15) is 5.25 Å². The van der Waals surface area contributed by atoms with Crippen LogP contribution in [0.4, 0.5) is 4.39 Å². The van der Waals surface area contributed by atoms with Gasteiger partial charge < -0.3 is 4.74 Å². The van der Waals surface area contributed by atoms with E-state index in [9.17, 15) is 9.18 Å². The number of unbranched alkanes of at least 4 members (excludes halogenated alkanes) is 2. The number of ether oxygens (including phenoxy) is 1. The smallest absolute Gasteiger partial charge is 0.319 e. The van der Waals surface area contributed by atoms with Crippen molar-refractivity contribution in [3.05, 3.63) is 0 Å². The second-order valence-corrected chi connectivity index (χ2v) is 6.58. The molecule has 0 bridgehead atoms. The molecule has 2 atom stereocenters. The van der Waals surface area contributed by atoms with Crippen LogP contribution < -0.4 is 0 Å². The Morgan fingerprint density at radius 1 is 1.21 bits per heavy atom. The summed E-state index contributed by atoms with van der Waals surface area (Å²) in [5.41, 5.74) is 0. The van der Waals surface area contributed by atoms with Crippen LogP contribution in [-0.4, -0.2) is 29.8 Å². The maximum absolute atomic E-state index is 12.6. The molecule has 0 saturated heterocycles. The lowest BCUT2D eigenvalue weighted by atomic mass is 10.1. The van der Waals surface area contributed by atoms with Crippen LogP contribution in [0.3, 0.4) is 0 Å². The minimum atomic E-state index is -0.718. The second kappa shape index (κ2) is 11.6. The van der Waals surface area contributed by atoms with E-state index in [4.69, 9.17) is 4.74 Å². The third-order valence-electron chi connectivity index (χ3n) is 2.87. The summed E-state index contributed by atoms with van der Waals surface area (Å²) in [4.78, 5) is 11.9. The van der Waals surface area contributed by atoms with Crippen LogP contribution in [0.25, 0.3) is 0 Å². The second-order valence-electron chi connectivity index (χ2n) is 5.33. The number of rotatable bonds is 11. The van der Waals surface area contributed by atoms with Gasteiger partial charge in [-0.3, -0.25) is 4.79 Å². The molecule has 2 nitrogen and oxygen atoms in total. The summed E-state index contributed by atoms with van der Waals surface area (Å²) in [6.45, 7) is 8.28. The first kappa shape index (κ1) is 18.8. The summed E-state index contributed by atoms with van der Waals surface area (Å²) in [7, 11) is 0. The van der Waals surface area contributed by atoms with Gasteiger partial charge in [-0.2, -0.15) is 0 Å². The van der Waals surface area contributed by atoms with E-state index in [2.05, 4.69) is 6.92 Å². The zero-order valence-electron chi connectivity index (χ0n) is 12.8. The number of esters is 1. The predicted octanol–water partition coefficient (Wildman–Crippen LogP) is 4.62. The lowest BCUT2D eigenvalue weighted by Crippen LogP contribution is -2.26. The number of thioether (sulfide) groups is 1. The first-order valence-corrected chi connectivity index (χ1v) is 8.46. The number of halogens is 1. The molecular formula is C15H29FO2S. The number of carbonyl (C=O) groups excluding carboxylic acids is 1. The highest BCUT2D eigenvalue weighted by molar-refractivity contribution is 8.00. The number of alkyl halides is 1. The normalized spacial score (nSPS) is 14.4. The predicted molar refractivity (Wildman–Crippen MR) is 81.4 cm³/mol. The van der Waals surface area contributed by atoms with Crippen LogP contribution in [0.2, 0.25) is 0 Å². The Balaban J connectivity index is 3.88. The average molecular weight is 292 g/mol. The molecule has 0 aliphatic heterocycles. The number of hydrogen-bond donors (Lipinski definition) is 0. The minimum Gasteiger partial charge on any atom is -0.465 e. The summed E-state index contributed by atoms with van der Waals surface area (Å²) in [5.74, 6) is 1.09. The third kappa shape index (κ3) is 10.2. The molecule has 0 fully saturated rings. The molecular weight excluding hydrogens is 263 g/mol. The average Bonchev–Trinajstić information content (AvgIpc) is 2.32. The van der Waals surface area contributed by atoms with Crippen LogP contribution in [0.15, 0.2) is 0 Å². The van der Waals surface area contributed by atoms with Crippen molar-refractivity contribution < 1.29 is 13.9 Å². The minimum absolute atomic E-state index is 0.0837. The van der Waals surface area contributed by atoms with Crippen molar-refractivity contribution in [1.29, 1.82) is 0 Å². The van der Waals surface area contributed by atoms with Crippen molar-refractivity contribution in [1.82, 2.24) is 0 Å². The van der Waals surface area contributed by atoms with Gasteiger partial charge in [0.25, 0.3) is 0 Å². The summed E-state index contributed by atoms with van der Waals surface area (Å²) in [6, 6.07) is 0. The molecule has 0 aliphatic rings. The molecule has 4 heteroatoms. The fraction of sp³-hybridized carbons (Fsp3) is 0.933. The van der Waals surface area contributed by atoms with Crippen molar-refractivity contribution in [2.24, 2.45) is 5.92 Å². The van der Waals surface area contributed by atoms with Gasteiger partial charge in [-0.05, 0) is 44.3 Å². The van der Waals surface area contributed by atoms with E-state index >= 15 is 0 Å². The molecule has 2 unspecified atom stereocenters. The van der Waals surface area contributed by atoms with Crippen molar-refractivity contribution in [2.75, 3.05) is 12.4 Å². The largest absolute Gasteiger partial charge is 0.465 e. The van der Waals surface area contributed by atoms with Gasteiger partial charge in [-0.1, -0.05) is 27.2 Å². The molecule has 0 aromatic heterocycles. The van der Waals surface area contributed by atoms with Gasteiger partial charge in [0, 0.05) is 0 Å². The number of hydrogen-bond acceptors (Lipinski definition) is 3. The van der Waals surface area contributed by atoms with E-state index in [0.717, 1.165) is 31.4 Å². The molecule has 0 aromatic carbocycles. The monoisotopic (exact) mass is 292 g/mol. The maximum atomic E-state index is 12.6. The fourth-order valence-corrected chi connectivity index (χ4v) is 2.88. The van der Waals surface area contributed by atoms with Crippen molar-refractivity contribution >= 4 is 17.7 Å². The Morgan fingerprint density at radius 2 is 1.89 bits per heavy atom. The van der Waals surface area contributed by atoms with Crippen LogP contribution in [0, 0.1) is 5.92 Å². The Morgan fingerprint density at radius 3 is 2.42 bits per heavy atom. The highest BCUT2D eigenvalue weighted by atomic mass is 32.2. The molecule has 0 amide bonds. The zero-order valence-corrected chi connectivity index (χ0v) is 13.6. The van der Waals surface area contributed by atoms with Crippen LogP contribution >= 0.6 is 11.8 Å². The lowest BCUT2D eigenvalue weighted by molar-refractivity contribution is -0.143. The van der Waals surface area contributed by atoms with Crippen molar-refractivity contribution in [3.63, 3.8) is 0 Å². The Hall–Kier alpha value is -0.250. The van der Waals surface area contributed by atoms with Gasteiger partial charge in [0.2, 0.25) is 0 Å². The third-order valence-corrected chi connectivity index (χ3v) is 4.49. The molecule has 0 rings (SSSR count). The Bertz CT molecular complexity index is 232. The van der Waals surface area contributed by atoms with Crippen molar-refractivity contribution in [2.45, 2.75) is 71.2 Å². The van der Waals surface area contributed by atoms with Gasteiger partial charge in [0.15, 0.2) is 0 Å². The summed E-state index contributed by atoms with van der Waals surface area (Å²) >= 11 is 1.65. The van der Waals surface area contributed by atoms with Crippen LogP contribution in [-0.2, 0) is 9.53 Å². The highest BCUT2D eigenvalue weighted by Gasteiger charge is 2.23. The molecule has 114 valence electrons. The van der Waals surface area contributed by atoms with Gasteiger partial charge in [-0.25, -0.2) is 4.39 Å². The Labute approximate surface area is 121 Å². The summed E-state index contributed by atoms with van der Waals surface area (Å²) < 4.78 is 17.9. The standard InChI is InChI=1S/C15H29FO2S/c1-5-6-10-18-15(17)14(12(2)3)19-11-8-7-9-13(4)16/h12-14H,5-11H2,1-4H3. The molecule has 0 aromatic rings. The van der Waals surface area contributed by atoms with E-state index in [1.807, 2.05) is 13.8 Å². The van der Waals surface area contributed by atoms with E-state index in [0.29, 0.717) is 13.0 Å². The quantitative estimate of drug-likeness (QED) is 0.411. The van der Waals surface area contributed by atoms with E-state index in [1.165, 1.54) is 0 Å². The number of carbonyl (C=O) groups is 1. The van der Waals surface area contributed by atoms with Crippen molar-refractivity contribution in [3.8, 4) is 0 Å². The van der Waals surface area contributed by atoms with E-state index in [1.54, 1.807) is 18.7 Å². The lowest BCUT2D eigenvalue weighted by Gasteiger charge is -2.19. The first-order valence-electron chi connectivity index (χ1n) is 7.41. The maximum Gasteiger partial charge on any atom is 0.319 e. The van der Waals surface area contributed by atoms with Gasteiger partial charge in [-0.15, -0.1) is 11.8 Å².